The minimum atomic E-state index is -5.24. The SMILES string of the molecule is CCNC(=NCCN1CCCN(C)CC1)NC1CCN(S(=O)(=O)C(F)(F)F)CC1. The quantitative estimate of drug-likeness (QED) is 0.461. The average Bonchev–Trinajstić information content (AvgIpc) is 2.86. The van der Waals surface area contributed by atoms with Crippen molar-refractivity contribution in [2.24, 2.45) is 4.99 Å². The number of piperidine rings is 1. The second-order valence-corrected chi connectivity index (χ2v) is 9.46. The van der Waals surface area contributed by atoms with Gasteiger partial charge in [0.1, 0.15) is 0 Å². The molecule has 0 saturated carbocycles. The van der Waals surface area contributed by atoms with E-state index in [0.717, 1.165) is 39.1 Å². The number of hydrogen-bond acceptors (Lipinski definition) is 5. The molecule has 0 aromatic carbocycles. The standard InChI is InChI=1S/C17H33F3N6O2S/c1-3-21-16(22-7-12-25-9-4-8-24(2)13-14-25)23-15-5-10-26(11-6-15)29(27,28)17(18,19)20/h15H,3-14H2,1-2H3,(H2,21,22,23). The van der Waals surface area contributed by atoms with Crippen molar-refractivity contribution in [3.05, 3.63) is 0 Å². The van der Waals surface area contributed by atoms with Crippen LogP contribution < -0.4 is 10.6 Å². The Bertz CT molecular complexity index is 636. The molecule has 170 valence electrons. The highest BCUT2D eigenvalue weighted by atomic mass is 32.2. The lowest BCUT2D eigenvalue weighted by atomic mass is 10.1. The molecule has 0 spiro atoms. The Labute approximate surface area is 171 Å². The highest BCUT2D eigenvalue weighted by Crippen LogP contribution is 2.28. The zero-order valence-corrected chi connectivity index (χ0v) is 18.0. The molecule has 2 saturated heterocycles. The lowest BCUT2D eigenvalue weighted by molar-refractivity contribution is -0.0494. The Morgan fingerprint density at radius 1 is 1.10 bits per heavy atom. The molecule has 0 aromatic heterocycles. The number of rotatable bonds is 6. The summed E-state index contributed by atoms with van der Waals surface area (Å²) in [5.74, 6) is 0.622. The first kappa shape index (κ1) is 24.2. The Kier molecular flexibility index (Phi) is 8.98. The van der Waals surface area contributed by atoms with E-state index in [9.17, 15) is 21.6 Å². The fourth-order valence-corrected chi connectivity index (χ4v) is 4.51. The first-order valence-electron chi connectivity index (χ1n) is 10.2. The molecule has 0 aromatic rings. The van der Waals surface area contributed by atoms with Crippen LogP contribution in [0.3, 0.4) is 0 Å². The molecule has 2 rings (SSSR count). The maximum atomic E-state index is 12.7. The summed E-state index contributed by atoms with van der Waals surface area (Å²) in [6.45, 7) is 8.00. The van der Waals surface area contributed by atoms with Crippen molar-refractivity contribution in [1.82, 2.24) is 24.7 Å². The number of aliphatic imine (C=N–C) groups is 1. The third-order valence-corrected chi connectivity index (χ3v) is 6.90. The molecule has 0 bridgehead atoms. The van der Waals surface area contributed by atoms with E-state index >= 15 is 0 Å². The van der Waals surface area contributed by atoms with Gasteiger partial charge in [0.2, 0.25) is 0 Å². The molecule has 0 amide bonds. The number of halogens is 3. The summed E-state index contributed by atoms with van der Waals surface area (Å²) in [5, 5.41) is 6.39. The van der Waals surface area contributed by atoms with E-state index in [1.165, 1.54) is 0 Å². The van der Waals surface area contributed by atoms with Crippen LogP contribution in [0, 0.1) is 0 Å². The van der Waals surface area contributed by atoms with E-state index in [1.807, 2.05) is 6.92 Å². The Morgan fingerprint density at radius 3 is 2.41 bits per heavy atom. The van der Waals surface area contributed by atoms with Gasteiger partial charge in [-0.1, -0.05) is 0 Å². The summed E-state index contributed by atoms with van der Waals surface area (Å²) in [6.07, 6.45) is 1.74. The molecule has 2 aliphatic heterocycles. The summed E-state index contributed by atoms with van der Waals surface area (Å²) >= 11 is 0. The minimum absolute atomic E-state index is 0.112. The second-order valence-electron chi connectivity index (χ2n) is 7.53. The third kappa shape index (κ3) is 7.26. The van der Waals surface area contributed by atoms with Crippen LogP contribution >= 0.6 is 0 Å². The smallest absolute Gasteiger partial charge is 0.357 e. The molecule has 2 N–H and O–H groups in total. The topological polar surface area (TPSA) is 80.3 Å². The van der Waals surface area contributed by atoms with Crippen molar-refractivity contribution in [2.75, 3.05) is 66.0 Å². The van der Waals surface area contributed by atoms with Crippen LogP contribution in [0.2, 0.25) is 0 Å². The molecular formula is C17H33F3N6O2S. The van der Waals surface area contributed by atoms with Gasteiger partial charge in [0.05, 0.1) is 6.54 Å². The van der Waals surface area contributed by atoms with Crippen molar-refractivity contribution in [3.8, 4) is 0 Å². The summed E-state index contributed by atoms with van der Waals surface area (Å²) in [6, 6.07) is -0.112. The molecular weight excluding hydrogens is 409 g/mol. The molecule has 0 unspecified atom stereocenters. The van der Waals surface area contributed by atoms with E-state index in [0.29, 0.717) is 36.2 Å². The van der Waals surface area contributed by atoms with Crippen molar-refractivity contribution in [3.63, 3.8) is 0 Å². The fourth-order valence-electron chi connectivity index (χ4n) is 3.53. The largest absolute Gasteiger partial charge is 0.511 e. The number of nitrogens with one attached hydrogen (secondary N) is 2. The fraction of sp³-hybridized carbons (Fsp3) is 0.941. The van der Waals surface area contributed by atoms with E-state index in [1.54, 1.807) is 0 Å². The number of hydrogen-bond donors (Lipinski definition) is 2. The van der Waals surface area contributed by atoms with Gasteiger partial charge >= 0.3 is 15.5 Å². The highest BCUT2D eigenvalue weighted by molar-refractivity contribution is 7.90. The van der Waals surface area contributed by atoms with Gasteiger partial charge in [-0.05, 0) is 46.3 Å². The van der Waals surface area contributed by atoms with Gasteiger partial charge in [-0.25, -0.2) is 8.42 Å². The predicted molar refractivity (Wildman–Crippen MR) is 107 cm³/mol. The minimum Gasteiger partial charge on any atom is -0.357 e. The van der Waals surface area contributed by atoms with Gasteiger partial charge in [-0.2, -0.15) is 17.5 Å². The normalized spacial score (nSPS) is 22.4. The maximum absolute atomic E-state index is 12.7. The van der Waals surface area contributed by atoms with E-state index in [2.05, 4.69) is 32.5 Å². The molecule has 2 aliphatic rings. The van der Waals surface area contributed by atoms with Gasteiger partial charge in [-0.3, -0.25) is 4.99 Å². The third-order valence-electron chi connectivity index (χ3n) is 5.27. The van der Waals surface area contributed by atoms with E-state index in [-0.39, 0.29) is 19.1 Å². The van der Waals surface area contributed by atoms with Gasteiger partial charge in [-0.15, -0.1) is 0 Å². The molecule has 29 heavy (non-hydrogen) atoms. The van der Waals surface area contributed by atoms with Crippen molar-refractivity contribution in [2.45, 2.75) is 37.7 Å². The van der Waals surface area contributed by atoms with Gasteiger partial charge in [0.15, 0.2) is 5.96 Å². The Hall–Kier alpha value is -1.11. The lowest BCUT2D eigenvalue weighted by Crippen LogP contribution is -2.51. The molecule has 0 aliphatic carbocycles. The number of sulfonamides is 1. The Morgan fingerprint density at radius 2 is 1.79 bits per heavy atom. The molecule has 0 atom stereocenters. The maximum Gasteiger partial charge on any atom is 0.511 e. The summed E-state index contributed by atoms with van der Waals surface area (Å²) in [5.41, 5.74) is -5.24. The second kappa shape index (κ2) is 10.8. The molecule has 2 fully saturated rings. The molecule has 12 heteroatoms. The molecule has 8 nitrogen and oxygen atoms in total. The van der Waals surface area contributed by atoms with Crippen LogP contribution in [0.15, 0.2) is 4.99 Å². The molecule has 2 heterocycles. The first-order chi connectivity index (χ1) is 13.6. The lowest BCUT2D eigenvalue weighted by Gasteiger charge is -2.32. The van der Waals surface area contributed by atoms with Crippen LogP contribution in [0.25, 0.3) is 0 Å². The average molecular weight is 443 g/mol. The van der Waals surface area contributed by atoms with E-state index < -0.39 is 15.5 Å². The molecule has 0 radical (unpaired) electrons. The van der Waals surface area contributed by atoms with Crippen molar-refractivity contribution >= 4 is 16.0 Å². The highest BCUT2D eigenvalue weighted by Gasteiger charge is 2.50. The summed E-state index contributed by atoms with van der Waals surface area (Å²) in [4.78, 5) is 9.29. The van der Waals surface area contributed by atoms with Crippen molar-refractivity contribution in [1.29, 1.82) is 0 Å². The predicted octanol–water partition coefficient (Wildman–Crippen LogP) is 0.493. The number of nitrogens with zero attached hydrogens (tertiary/aromatic N) is 4. The van der Waals surface area contributed by atoms with Crippen LogP contribution in [0.5, 0.6) is 0 Å². The zero-order valence-electron chi connectivity index (χ0n) is 17.2. The van der Waals surface area contributed by atoms with Crippen LogP contribution in [-0.4, -0.2) is 106 Å². The monoisotopic (exact) mass is 442 g/mol. The summed E-state index contributed by atoms with van der Waals surface area (Å²) in [7, 11) is -3.12. The van der Waals surface area contributed by atoms with Gasteiger partial charge in [0, 0.05) is 45.3 Å². The number of likely N-dealkylation sites (N-methyl/N-ethyl adjacent to an activating group) is 1. The Balaban J connectivity index is 1.82. The van der Waals surface area contributed by atoms with Crippen molar-refractivity contribution < 1.29 is 21.6 Å². The first-order valence-corrected chi connectivity index (χ1v) is 11.6. The number of guanidine groups is 1. The van der Waals surface area contributed by atoms with Gasteiger partial charge in [0.25, 0.3) is 0 Å². The summed E-state index contributed by atoms with van der Waals surface area (Å²) < 4.78 is 61.6. The zero-order chi connectivity index (χ0) is 21.5. The van der Waals surface area contributed by atoms with Crippen LogP contribution in [-0.2, 0) is 10.0 Å². The van der Waals surface area contributed by atoms with Crippen LogP contribution in [0.4, 0.5) is 13.2 Å². The van der Waals surface area contributed by atoms with Gasteiger partial charge < -0.3 is 20.4 Å². The van der Waals surface area contributed by atoms with E-state index in [4.69, 9.17) is 0 Å². The van der Waals surface area contributed by atoms with Crippen LogP contribution in [0.1, 0.15) is 26.2 Å². The number of alkyl halides is 3.